The van der Waals surface area contributed by atoms with Crippen molar-refractivity contribution in [3.05, 3.63) is 59.5 Å². The molecule has 2 fully saturated rings. The first-order chi connectivity index (χ1) is 17.5. The zero-order chi connectivity index (χ0) is 25.1. The van der Waals surface area contributed by atoms with Crippen LogP contribution in [0.2, 0.25) is 5.02 Å². The van der Waals surface area contributed by atoms with Crippen LogP contribution in [-0.4, -0.2) is 50.1 Å². The van der Waals surface area contributed by atoms with E-state index in [4.69, 9.17) is 11.6 Å². The number of pyridine rings is 1. The number of hydrogen-bond donors (Lipinski definition) is 2. The van der Waals surface area contributed by atoms with E-state index >= 15 is 0 Å². The number of nitrogens with zero attached hydrogens (tertiary/aromatic N) is 4. The number of alkyl halides is 1. The molecule has 1 aliphatic carbocycles. The first kappa shape index (κ1) is 24.6. The zero-order valence-corrected chi connectivity index (χ0v) is 21.9. The summed E-state index contributed by atoms with van der Waals surface area (Å²) < 4.78 is 0. The standard InChI is InChI=1S/C26H26BrClN6O2/c27-12-23(35)34-8-6-17(7-9-34)25(36)31-20-11-21(14-29-13-20)32-26-30-15-22(28)24(33-26)19-3-1-2-18(10-19)16-4-5-16/h1-3,10-11,13-17H,4-9,12H2,(H,31,36)(H,30,32,33). The lowest BCUT2D eigenvalue weighted by Gasteiger charge is -2.31. The predicted molar refractivity (Wildman–Crippen MR) is 144 cm³/mol. The summed E-state index contributed by atoms with van der Waals surface area (Å²) in [6.07, 6.45) is 8.56. The van der Waals surface area contributed by atoms with E-state index in [1.54, 1.807) is 29.6 Å². The summed E-state index contributed by atoms with van der Waals surface area (Å²) in [5, 5.41) is 6.90. The second kappa shape index (κ2) is 10.9. The van der Waals surface area contributed by atoms with Crippen LogP contribution in [0, 0.1) is 5.92 Å². The van der Waals surface area contributed by atoms with Crippen LogP contribution in [-0.2, 0) is 9.59 Å². The second-order valence-electron chi connectivity index (χ2n) is 9.16. The van der Waals surface area contributed by atoms with Crippen molar-refractivity contribution in [2.75, 3.05) is 29.1 Å². The molecular formula is C26H26BrClN6O2. The first-order valence-corrected chi connectivity index (χ1v) is 13.5. The highest BCUT2D eigenvalue weighted by Gasteiger charge is 2.27. The molecule has 8 nitrogen and oxygen atoms in total. The van der Waals surface area contributed by atoms with Crippen molar-refractivity contribution in [3.8, 4) is 11.3 Å². The molecule has 36 heavy (non-hydrogen) atoms. The molecule has 1 saturated heterocycles. The number of benzene rings is 1. The first-order valence-electron chi connectivity index (χ1n) is 12.0. The van der Waals surface area contributed by atoms with E-state index in [1.165, 1.54) is 18.4 Å². The summed E-state index contributed by atoms with van der Waals surface area (Å²) in [5.74, 6) is 0.868. The average molecular weight is 570 g/mol. The number of aromatic nitrogens is 3. The highest BCUT2D eigenvalue weighted by Crippen LogP contribution is 2.41. The van der Waals surface area contributed by atoms with Crippen molar-refractivity contribution in [1.82, 2.24) is 19.9 Å². The van der Waals surface area contributed by atoms with E-state index in [1.807, 2.05) is 12.1 Å². The Balaban J connectivity index is 1.25. The Kier molecular flexibility index (Phi) is 7.48. The van der Waals surface area contributed by atoms with Gasteiger partial charge < -0.3 is 15.5 Å². The normalized spacial score (nSPS) is 16.0. The fourth-order valence-electron chi connectivity index (χ4n) is 4.41. The zero-order valence-electron chi connectivity index (χ0n) is 19.6. The van der Waals surface area contributed by atoms with Gasteiger partial charge in [0.05, 0.1) is 46.0 Å². The van der Waals surface area contributed by atoms with E-state index in [0.717, 1.165) is 5.56 Å². The number of carbonyl (C=O) groups is 2. The van der Waals surface area contributed by atoms with Crippen molar-refractivity contribution >= 4 is 56.7 Å². The molecule has 2 aliphatic rings. The van der Waals surface area contributed by atoms with Gasteiger partial charge >= 0.3 is 0 Å². The molecule has 0 spiro atoms. The van der Waals surface area contributed by atoms with E-state index in [0.29, 0.717) is 65.2 Å². The molecule has 186 valence electrons. The van der Waals surface area contributed by atoms with Gasteiger partial charge in [0.2, 0.25) is 17.8 Å². The monoisotopic (exact) mass is 568 g/mol. The number of rotatable bonds is 7. The van der Waals surface area contributed by atoms with E-state index < -0.39 is 0 Å². The number of anilines is 3. The molecule has 0 atom stereocenters. The lowest BCUT2D eigenvalue weighted by molar-refractivity contribution is -0.132. The third kappa shape index (κ3) is 5.84. The highest BCUT2D eigenvalue weighted by atomic mass is 79.9. The molecule has 5 rings (SSSR count). The Morgan fingerprint density at radius 3 is 2.58 bits per heavy atom. The van der Waals surface area contributed by atoms with Crippen LogP contribution >= 0.6 is 27.5 Å². The molecule has 2 aromatic heterocycles. The van der Waals surface area contributed by atoms with Gasteiger partial charge in [0, 0.05) is 24.6 Å². The van der Waals surface area contributed by atoms with Gasteiger partial charge in [0.25, 0.3) is 0 Å². The number of amides is 2. The summed E-state index contributed by atoms with van der Waals surface area (Å²) in [4.78, 5) is 39.6. The molecule has 0 radical (unpaired) electrons. The third-order valence-corrected chi connectivity index (χ3v) is 7.30. The minimum atomic E-state index is -0.144. The van der Waals surface area contributed by atoms with Gasteiger partial charge in [0.1, 0.15) is 0 Å². The topological polar surface area (TPSA) is 100 Å². The Morgan fingerprint density at radius 1 is 1.06 bits per heavy atom. The van der Waals surface area contributed by atoms with Crippen molar-refractivity contribution in [2.24, 2.45) is 5.92 Å². The minimum absolute atomic E-state index is 0.0556. The molecule has 0 bridgehead atoms. The van der Waals surface area contributed by atoms with Gasteiger partial charge in [-0.1, -0.05) is 45.7 Å². The Bertz CT molecular complexity index is 1280. The van der Waals surface area contributed by atoms with Crippen LogP contribution in [0.4, 0.5) is 17.3 Å². The number of carbonyl (C=O) groups excluding carboxylic acids is 2. The molecule has 1 aromatic carbocycles. The van der Waals surface area contributed by atoms with Gasteiger partial charge in [-0.25, -0.2) is 9.97 Å². The van der Waals surface area contributed by atoms with Crippen LogP contribution in [0.5, 0.6) is 0 Å². The van der Waals surface area contributed by atoms with Gasteiger partial charge in [0.15, 0.2) is 0 Å². The summed E-state index contributed by atoms with van der Waals surface area (Å²) in [7, 11) is 0. The second-order valence-corrected chi connectivity index (χ2v) is 10.1. The van der Waals surface area contributed by atoms with Crippen molar-refractivity contribution in [1.29, 1.82) is 0 Å². The Hall–Kier alpha value is -3.04. The van der Waals surface area contributed by atoms with E-state index in [-0.39, 0.29) is 17.7 Å². The maximum Gasteiger partial charge on any atom is 0.233 e. The Labute approximate surface area is 223 Å². The molecule has 2 amide bonds. The summed E-state index contributed by atoms with van der Waals surface area (Å²) >= 11 is 9.64. The molecule has 1 saturated carbocycles. The van der Waals surface area contributed by atoms with Gasteiger partial charge in [-0.15, -0.1) is 0 Å². The number of halogens is 2. The van der Waals surface area contributed by atoms with Crippen LogP contribution in [0.15, 0.2) is 48.9 Å². The van der Waals surface area contributed by atoms with E-state index in [9.17, 15) is 9.59 Å². The van der Waals surface area contributed by atoms with Gasteiger partial charge in [-0.05, 0) is 49.3 Å². The molecule has 1 aliphatic heterocycles. The maximum atomic E-state index is 12.8. The molecule has 3 aromatic rings. The minimum Gasteiger partial charge on any atom is -0.342 e. The summed E-state index contributed by atoms with van der Waals surface area (Å²) in [6, 6.07) is 10.1. The van der Waals surface area contributed by atoms with Crippen molar-refractivity contribution < 1.29 is 9.59 Å². The third-order valence-electron chi connectivity index (χ3n) is 6.55. The molecule has 10 heteroatoms. The van der Waals surface area contributed by atoms with Gasteiger partial charge in [-0.3, -0.25) is 14.6 Å². The van der Waals surface area contributed by atoms with Gasteiger partial charge in [-0.2, -0.15) is 0 Å². The maximum absolute atomic E-state index is 12.8. The number of nitrogens with one attached hydrogen (secondary N) is 2. The fourth-order valence-corrected chi connectivity index (χ4v) is 4.97. The molecule has 0 unspecified atom stereocenters. The smallest absolute Gasteiger partial charge is 0.233 e. The van der Waals surface area contributed by atoms with Crippen LogP contribution in [0.1, 0.15) is 37.2 Å². The quantitative estimate of drug-likeness (QED) is 0.370. The number of hydrogen-bond acceptors (Lipinski definition) is 6. The molecule has 3 heterocycles. The Morgan fingerprint density at radius 2 is 1.83 bits per heavy atom. The summed E-state index contributed by atoms with van der Waals surface area (Å²) in [5.41, 5.74) is 4.15. The van der Waals surface area contributed by atoms with Crippen molar-refractivity contribution in [2.45, 2.75) is 31.6 Å². The highest BCUT2D eigenvalue weighted by molar-refractivity contribution is 9.09. The largest absolute Gasteiger partial charge is 0.342 e. The molecular weight excluding hydrogens is 544 g/mol. The van der Waals surface area contributed by atoms with E-state index in [2.05, 4.69) is 53.6 Å². The SMILES string of the molecule is O=C(Nc1cncc(Nc2ncc(Cl)c(-c3cccc(C4CC4)c3)n2)c1)C1CCN(C(=O)CBr)CC1. The molecule has 2 N–H and O–H groups in total. The van der Waals surface area contributed by atoms with Crippen molar-refractivity contribution in [3.63, 3.8) is 0 Å². The number of likely N-dealkylation sites (tertiary alicyclic amines) is 1. The van der Waals surface area contributed by atoms with Crippen LogP contribution in [0.25, 0.3) is 11.3 Å². The average Bonchev–Trinajstić information content (AvgIpc) is 3.75. The lowest BCUT2D eigenvalue weighted by Crippen LogP contribution is -2.41. The fraction of sp³-hybridized carbons (Fsp3) is 0.346. The lowest BCUT2D eigenvalue weighted by atomic mass is 9.96. The van der Waals surface area contributed by atoms with Crippen LogP contribution < -0.4 is 10.6 Å². The summed E-state index contributed by atoms with van der Waals surface area (Å²) in [6.45, 7) is 1.17. The predicted octanol–water partition coefficient (Wildman–Crippen LogP) is 5.39. The number of piperidine rings is 1. The van der Waals surface area contributed by atoms with Crippen LogP contribution in [0.3, 0.4) is 0 Å².